The van der Waals surface area contributed by atoms with E-state index in [1.807, 2.05) is 0 Å². The van der Waals surface area contributed by atoms with E-state index in [0.29, 0.717) is 16.0 Å². The van der Waals surface area contributed by atoms with Crippen molar-refractivity contribution in [2.24, 2.45) is 0 Å². The summed E-state index contributed by atoms with van der Waals surface area (Å²) < 4.78 is 27.4. The summed E-state index contributed by atoms with van der Waals surface area (Å²) in [6.07, 6.45) is 1.55. The number of aryl methyl sites for hydroxylation is 1. The average molecular weight is 369 g/mol. The number of sulfonamides is 1. The van der Waals surface area contributed by atoms with Crippen LogP contribution in [0, 0.1) is 6.92 Å². The molecule has 0 saturated heterocycles. The van der Waals surface area contributed by atoms with E-state index in [1.54, 1.807) is 25.3 Å². The largest absolute Gasteiger partial charge is 0.276 e. The van der Waals surface area contributed by atoms with Gasteiger partial charge < -0.3 is 0 Å². The topological polar surface area (TPSA) is 72.0 Å². The lowest BCUT2D eigenvalue weighted by molar-refractivity contribution is 0.602. The Hall–Kier alpha value is -0.700. The Morgan fingerprint density at radius 2 is 2.22 bits per heavy atom. The van der Waals surface area contributed by atoms with Gasteiger partial charge in [0.1, 0.15) is 4.60 Å². The van der Waals surface area contributed by atoms with Gasteiger partial charge in [-0.25, -0.2) is 18.4 Å². The number of halogens is 2. The highest BCUT2D eigenvalue weighted by molar-refractivity contribution is 9.10. The van der Waals surface area contributed by atoms with Crippen molar-refractivity contribution in [2.45, 2.75) is 11.1 Å². The molecule has 9 heteroatoms. The molecule has 0 radical (unpaired) electrons. The normalized spacial score (nSPS) is 11.5. The van der Waals surface area contributed by atoms with E-state index in [1.165, 1.54) is 0 Å². The van der Waals surface area contributed by atoms with Gasteiger partial charge in [0.25, 0.3) is 10.0 Å². The zero-order valence-electron chi connectivity index (χ0n) is 9.02. The van der Waals surface area contributed by atoms with Gasteiger partial charge in [-0.2, -0.15) is 0 Å². The Labute approximate surface area is 121 Å². The molecule has 0 amide bonds. The Kier molecular flexibility index (Phi) is 3.90. The molecule has 2 heterocycles. The predicted molar refractivity (Wildman–Crippen MR) is 74.6 cm³/mol. The number of thiazole rings is 1. The zero-order valence-corrected chi connectivity index (χ0v) is 13.0. The van der Waals surface area contributed by atoms with Crippen LogP contribution in [0.15, 0.2) is 27.1 Å². The third-order valence-corrected chi connectivity index (χ3v) is 5.84. The van der Waals surface area contributed by atoms with Crippen LogP contribution in [0.1, 0.15) is 5.69 Å². The average Bonchev–Trinajstić information content (AvgIpc) is 2.62. The van der Waals surface area contributed by atoms with Crippen LogP contribution in [0.3, 0.4) is 0 Å². The molecule has 0 aliphatic carbocycles. The maximum absolute atomic E-state index is 12.1. The quantitative estimate of drug-likeness (QED) is 0.845. The highest BCUT2D eigenvalue weighted by Gasteiger charge is 2.22. The van der Waals surface area contributed by atoms with Crippen LogP contribution in [0.25, 0.3) is 0 Å². The lowest BCUT2D eigenvalue weighted by Gasteiger charge is -2.07. The summed E-state index contributed by atoms with van der Waals surface area (Å²) in [4.78, 5) is 7.81. The summed E-state index contributed by atoms with van der Waals surface area (Å²) in [6, 6.07) is 3.24. The van der Waals surface area contributed by atoms with Crippen molar-refractivity contribution >= 4 is 54.6 Å². The van der Waals surface area contributed by atoms with Crippen LogP contribution < -0.4 is 4.72 Å². The minimum atomic E-state index is -3.69. The van der Waals surface area contributed by atoms with Crippen LogP contribution in [0.2, 0.25) is 4.47 Å². The van der Waals surface area contributed by atoms with Gasteiger partial charge >= 0.3 is 0 Å². The molecule has 0 aromatic carbocycles. The Morgan fingerprint density at radius 1 is 1.50 bits per heavy atom. The van der Waals surface area contributed by atoms with Gasteiger partial charge in [-0.1, -0.05) is 22.9 Å². The van der Waals surface area contributed by atoms with Gasteiger partial charge in [-0.05, 0) is 35.0 Å². The number of nitrogens with zero attached hydrogens (tertiary/aromatic N) is 2. The zero-order chi connectivity index (χ0) is 13.3. The molecule has 18 heavy (non-hydrogen) atoms. The Bertz CT molecular complexity index is 687. The molecular formula is C9H7BrClN3O2S2. The molecule has 0 aliphatic heterocycles. The van der Waals surface area contributed by atoms with Crippen molar-refractivity contribution in [1.82, 2.24) is 9.97 Å². The van der Waals surface area contributed by atoms with Crippen LogP contribution in [-0.2, 0) is 10.0 Å². The smallest absolute Gasteiger partial charge is 0.273 e. The monoisotopic (exact) mass is 367 g/mol. The fourth-order valence-electron chi connectivity index (χ4n) is 1.25. The highest BCUT2D eigenvalue weighted by atomic mass is 79.9. The number of rotatable bonds is 3. The first-order valence-electron chi connectivity index (χ1n) is 4.66. The molecule has 96 valence electrons. The van der Waals surface area contributed by atoms with E-state index in [0.717, 1.165) is 11.3 Å². The van der Waals surface area contributed by atoms with E-state index < -0.39 is 10.0 Å². The van der Waals surface area contributed by atoms with Gasteiger partial charge in [0, 0.05) is 6.20 Å². The fraction of sp³-hybridized carbons (Fsp3) is 0.111. The maximum atomic E-state index is 12.1. The summed E-state index contributed by atoms with van der Waals surface area (Å²) in [5.74, 6) is 0. The van der Waals surface area contributed by atoms with E-state index in [2.05, 4.69) is 30.6 Å². The van der Waals surface area contributed by atoms with Gasteiger partial charge in [0.05, 0.1) is 11.4 Å². The molecule has 5 nitrogen and oxygen atoms in total. The molecule has 1 N–H and O–H groups in total. The number of aromatic nitrogens is 2. The summed E-state index contributed by atoms with van der Waals surface area (Å²) in [6.45, 7) is 1.59. The van der Waals surface area contributed by atoms with Crippen molar-refractivity contribution in [2.75, 3.05) is 4.72 Å². The van der Waals surface area contributed by atoms with Crippen molar-refractivity contribution in [3.63, 3.8) is 0 Å². The van der Waals surface area contributed by atoms with Crippen molar-refractivity contribution in [1.29, 1.82) is 0 Å². The van der Waals surface area contributed by atoms with E-state index in [9.17, 15) is 8.42 Å². The molecule has 0 bridgehead atoms. The molecule has 2 aromatic heterocycles. The third kappa shape index (κ3) is 2.82. The summed E-state index contributed by atoms with van der Waals surface area (Å²) in [5, 5.41) is 0. The molecule has 2 aromatic rings. The molecule has 0 atom stereocenters. The lowest BCUT2D eigenvalue weighted by Crippen LogP contribution is -2.13. The van der Waals surface area contributed by atoms with Crippen LogP contribution in [0.4, 0.5) is 5.69 Å². The number of anilines is 1. The van der Waals surface area contributed by atoms with Crippen LogP contribution in [0.5, 0.6) is 0 Å². The van der Waals surface area contributed by atoms with Gasteiger partial charge in [0.2, 0.25) is 0 Å². The third-order valence-electron chi connectivity index (χ3n) is 1.98. The molecule has 2 rings (SSSR count). The van der Waals surface area contributed by atoms with Gasteiger partial charge in [0.15, 0.2) is 8.68 Å². The first-order chi connectivity index (χ1) is 8.40. The number of nitrogens with one attached hydrogen (secondary N) is 1. The van der Waals surface area contributed by atoms with Gasteiger partial charge in [-0.15, -0.1) is 0 Å². The molecule has 0 unspecified atom stereocenters. The number of pyridine rings is 1. The minimum Gasteiger partial charge on any atom is -0.276 e. The van der Waals surface area contributed by atoms with Crippen LogP contribution >= 0.6 is 38.9 Å². The second kappa shape index (κ2) is 5.12. The summed E-state index contributed by atoms with van der Waals surface area (Å²) in [7, 11) is -3.69. The second-order valence-corrected chi connectivity index (χ2v) is 7.50. The lowest BCUT2D eigenvalue weighted by atomic mass is 10.4. The summed E-state index contributed by atoms with van der Waals surface area (Å²) in [5.41, 5.74) is 0.735. The fourth-order valence-corrected chi connectivity index (χ4v) is 4.54. The summed E-state index contributed by atoms with van der Waals surface area (Å²) >= 11 is 9.78. The Morgan fingerprint density at radius 3 is 2.78 bits per heavy atom. The maximum Gasteiger partial charge on any atom is 0.273 e. The first kappa shape index (κ1) is 13.7. The van der Waals surface area contributed by atoms with Crippen molar-refractivity contribution in [3.05, 3.63) is 33.1 Å². The van der Waals surface area contributed by atoms with Crippen LogP contribution in [-0.4, -0.2) is 18.4 Å². The standard InChI is InChI=1S/C9H7BrClN3O2S2/c1-5-8(17-9(11)13-5)18(15,16)14-6-3-2-4-12-7(6)10/h2-4,14H,1H3. The van der Waals surface area contributed by atoms with E-state index in [-0.39, 0.29) is 8.68 Å². The van der Waals surface area contributed by atoms with Gasteiger partial charge in [-0.3, -0.25) is 4.72 Å². The SMILES string of the molecule is Cc1nc(Cl)sc1S(=O)(=O)Nc1cccnc1Br. The highest BCUT2D eigenvalue weighted by Crippen LogP contribution is 2.29. The first-order valence-corrected chi connectivity index (χ1v) is 8.13. The molecular weight excluding hydrogens is 362 g/mol. The van der Waals surface area contributed by atoms with Crippen molar-refractivity contribution in [3.8, 4) is 0 Å². The number of hydrogen-bond donors (Lipinski definition) is 1. The predicted octanol–water partition coefficient (Wildman–Crippen LogP) is 3.06. The second-order valence-electron chi connectivity index (χ2n) is 3.29. The molecule has 0 aliphatic rings. The number of hydrogen-bond acceptors (Lipinski definition) is 5. The Balaban J connectivity index is 2.40. The minimum absolute atomic E-state index is 0.100. The van der Waals surface area contributed by atoms with Crippen molar-refractivity contribution < 1.29 is 8.42 Å². The van der Waals surface area contributed by atoms with E-state index >= 15 is 0 Å². The molecule has 0 fully saturated rings. The molecule has 0 saturated carbocycles. The van der Waals surface area contributed by atoms with E-state index in [4.69, 9.17) is 11.6 Å². The molecule has 0 spiro atoms.